The van der Waals surface area contributed by atoms with Gasteiger partial charge in [-0.25, -0.2) is 4.39 Å². The van der Waals surface area contributed by atoms with Crippen molar-refractivity contribution in [2.45, 2.75) is 26.8 Å². The average molecular weight is 253 g/mol. The van der Waals surface area contributed by atoms with E-state index >= 15 is 0 Å². The van der Waals surface area contributed by atoms with Gasteiger partial charge in [-0.1, -0.05) is 18.2 Å². The first-order valence-corrected chi connectivity index (χ1v) is 5.77. The van der Waals surface area contributed by atoms with E-state index in [1.54, 1.807) is 25.1 Å². The third-order valence-electron chi connectivity index (χ3n) is 2.01. The second-order valence-electron chi connectivity index (χ2n) is 3.92. The predicted molar refractivity (Wildman–Crippen MR) is 72.6 cm³/mol. The van der Waals surface area contributed by atoms with Crippen LogP contribution in [0, 0.1) is 5.82 Å². The molecule has 0 unspecified atom stereocenters. The van der Waals surface area contributed by atoms with Crippen molar-refractivity contribution >= 4 is 23.0 Å². The number of hydrazone groups is 1. The monoisotopic (exact) mass is 253 g/mol. The van der Waals surface area contributed by atoms with Crippen LogP contribution in [-0.4, -0.2) is 16.9 Å². The summed E-state index contributed by atoms with van der Waals surface area (Å²) in [7, 11) is 0. The molecule has 2 N–H and O–H groups in total. The zero-order chi connectivity index (χ0) is 12.8. The van der Waals surface area contributed by atoms with Crippen LogP contribution in [-0.2, 0) is 0 Å². The van der Waals surface area contributed by atoms with Crippen molar-refractivity contribution in [3.63, 3.8) is 0 Å². The molecule has 0 aromatic heterocycles. The number of halogens is 1. The van der Waals surface area contributed by atoms with Crippen LogP contribution in [0.15, 0.2) is 29.4 Å². The molecule has 0 saturated heterocycles. The molecule has 0 heterocycles. The van der Waals surface area contributed by atoms with Crippen LogP contribution < -0.4 is 10.7 Å². The van der Waals surface area contributed by atoms with E-state index in [4.69, 9.17) is 12.2 Å². The lowest BCUT2D eigenvalue weighted by atomic mass is 10.1. The minimum atomic E-state index is -0.293. The van der Waals surface area contributed by atoms with Crippen molar-refractivity contribution in [2.75, 3.05) is 0 Å². The van der Waals surface area contributed by atoms with Gasteiger partial charge in [-0.15, -0.1) is 0 Å². The maximum Gasteiger partial charge on any atom is 0.187 e. The SMILES string of the molecule is C/C(=N\NC(=S)NC(C)C)c1ccccc1F. The van der Waals surface area contributed by atoms with Crippen LogP contribution in [0.4, 0.5) is 4.39 Å². The van der Waals surface area contributed by atoms with Crippen LogP contribution in [0.2, 0.25) is 0 Å². The van der Waals surface area contributed by atoms with Crippen LogP contribution in [0.5, 0.6) is 0 Å². The number of benzene rings is 1. The zero-order valence-corrected chi connectivity index (χ0v) is 10.9. The van der Waals surface area contributed by atoms with Gasteiger partial charge in [-0.3, -0.25) is 5.43 Å². The highest BCUT2D eigenvalue weighted by atomic mass is 32.1. The summed E-state index contributed by atoms with van der Waals surface area (Å²) < 4.78 is 13.4. The Hall–Kier alpha value is -1.49. The number of rotatable bonds is 3. The number of thiocarbonyl (C=S) groups is 1. The van der Waals surface area contributed by atoms with Crippen LogP contribution in [0.25, 0.3) is 0 Å². The first-order chi connectivity index (χ1) is 8.00. The van der Waals surface area contributed by atoms with E-state index in [1.165, 1.54) is 6.07 Å². The smallest absolute Gasteiger partial charge is 0.187 e. The van der Waals surface area contributed by atoms with Crippen LogP contribution in [0.3, 0.4) is 0 Å². The summed E-state index contributed by atoms with van der Waals surface area (Å²) in [6.07, 6.45) is 0. The summed E-state index contributed by atoms with van der Waals surface area (Å²) in [6.45, 7) is 5.67. The fourth-order valence-electron chi connectivity index (χ4n) is 1.24. The number of hydrogen-bond acceptors (Lipinski definition) is 2. The topological polar surface area (TPSA) is 36.4 Å². The number of hydrogen-bond donors (Lipinski definition) is 2. The van der Waals surface area contributed by atoms with E-state index in [1.807, 2.05) is 13.8 Å². The van der Waals surface area contributed by atoms with Gasteiger partial charge in [0.15, 0.2) is 5.11 Å². The summed E-state index contributed by atoms with van der Waals surface area (Å²) in [4.78, 5) is 0. The first kappa shape index (κ1) is 13.6. The van der Waals surface area contributed by atoms with Gasteiger partial charge in [-0.05, 0) is 39.1 Å². The minimum absolute atomic E-state index is 0.235. The second-order valence-corrected chi connectivity index (χ2v) is 4.33. The van der Waals surface area contributed by atoms with Gasteiger partial charge in [0.25, 0.3) is 0 Å². The molecular weight excluding hydrogens is 237 g/mol. The maximum absolute atomic E-state index is 13.4. The van der Waals surface area contributed by atoms with Gasteiger partial charge < -0.3 is 5.32 Å². The molecule has 0 radical (unpaired) electrons. The molecular formula is C12H16FN3S. The molecule has 1 aromatic carbocycles. The van der Waals surface area contributed by atoms with E-state index in [-0.39, 0.29) is 11.9 Å². The van der Waals surface area contributed by atoms with Crippen molar-refractivity contribution in [2.24, 2.45) is 5.10 Å². The maximum atomic E-state index is 13.4. The molecule has 0 spiro atoms. The molecule has 1 aromatic rings. The first-order valence-electron chi connectivity index (χ1n) is 5.36. The lowest BCUT2D eigenvalue weighted by molar-refractivity contribution is 0.625. The van der Waals surface area contributed by atoms with Gasteiger partial charge in [-0.2, -0.15) is 5.10 Å². The molecule has 0 atom stereocenters. The Balaban J connectivity index is 2.68. The van der Waals surface area contributed by atoms with Gasteiger partial charge in [0.2, 0.25) is 0 Å². The molecule has 0 aliphatic heterocycles. The summed E-state index contributed by atoms with van der Waals surface area (Å²) in [6, 6.07) is 6.72. The average Bonchev–Trinajstić information content (AvgIpc) is 2.25. The molecule has 0 fully saturated rings. The van der Waals surface area contributed by atoms with Crippen LogP contribution >= 0.6 is 12.2 Å². The van der Waals surface area contributed by atoms with E-state index < -0.39 is 0 Å². The fraction of sp³-hybridized carbons (Fsp3) is 0.333. The minimum Gasteiger partial charge on any atom is -0.359 e. The van der Waals surface area contributed by atoms with Crippen LogP contribution in [0.1, 0.15) is 26.3 Å². The summed E-state index contributed by atoms with van der Waals surface area (Å²) in [5.41, 5.74) is 3.70. The lowest BCUT2D eigenvalue weighted by Crippen LogP contribution is -2.37. The highest BCUT2D eigenvalue weighted by molar-refractivity contribution is 7.80. The second kappa shape index (κ2) is 6.30. The van der Waals surface area contributed by atoms with E-state index in [9.17, 15) is 4.39 Å². The molecule has 17 heavy (non-hydrogen) atoms. The molecule has 3 nitrogen and oxygen atoms in total. The molecule has 0 bridgehead atoms. The molecule has 5 heteroatoms. The molecule has 0 saturated carbocycles. The highest BCUT2D eigenvalue weighted by Gasteiger charge is 2.04. The van der Waals surface area contributed by atoms with Gasteiger partial charge in [0, 0.05) is 11.6 Å². The van der Waals surface area contributed by atoms with E-state index in [0.717, 1.165) is 0 Å². The van der Waals surface area contributed by atoms with Gasteiger partial charge in [0.1, 0.15) is 5.82 Å². The molecule has 92 valence electrons. The Morgan fingerprint density at radius 2 is 2.00 bits per heavy atom. The lowest BCUT2D eigenvalue weighted by Gasteiger charge is -2.10. The summed E-state index contributed by atoms with van der Waals surface area (Å²) >= 11 is 5.01. The standard InChI is InChI=1S/C12H16FN3S/c1-8(2)14-12(17)16-15-9(3)10-6-4-5-7-11(10)13/h4-8H,1-3H3,(H2,14,16,17)/b15-9+. The Kier molecular flexibility index (Phi) is 5.03. The zero-order valence-electron chi connectivity index (χ0n) is 10.1. The quantitative estimate of drug-likeness (QED) is 0.493. The largest absolute Gasteiger partial charge is 0.359 e. The third-order valence-corrected chi connectivity index (χ3v) is 2.22. The normalized spacial score (nSPS) is 11.5. The molecule has 1 rings (SSSR count). The number of nitrogens with zero attached hydrogens (tertiary/aromatic N) is 1. The molecule has 0 aliphatic carbocycles. The van der Waals surface area contributed by atoms with Crippen molar-refractivity contribution in [1.29, 1.82) is 0 Å². The van der Waals surface area contributed by atoms with Crippen molar-refractivity contribution in [3.05, 3.63) is 35.6 Å². The predicted octanol–water partition coefficient (Wildman–Crippen LogP) is 2.42. The van der Waals surface area contributed by atoms with Crippen molar-refractivity contribution < 1.29 is 4.39 Å². The highest BCUT2D eigenvalue weighted by Crippen LogP contribution is 2.07. The van der Waals surface area contributed by atoms with Gasteiger partial charge in [0.05, 0.1) is 5.71 Å². The molecule has 0 amide bonds. The third kappa shape index (κ3) is 4.48. The number of nitrogens with one attached hydrogen (secondary N) is 2. The summed E-state index contributed by atoms with van der Waals surface area (Å²) in [5, 5.41) is 7.44. The van der Waals surface area contributed by atoms with Gasteiger partial charge >= 0.3 is 0 Å². The van der Waals surface area contributed by atoms with Crippen molar-refractivity contribution in [1.82, 2.24) is 10.7 Å². The van der Waals surface area contributed by atoms with Crippen molar-refractivity contribution in [3.8, 4) is 0 Å². The fourth-order valence-corrected chi connectivity index (χ4v) is 1.53. The van der Waals surface area contributed by atoms with E-state index in [0.29, 0.717) is 16.4 Å². The molecule has 0 aliphatic rings. The summed E-state index contributed by atoms with van der Waals surface area (Å²) in [5.74, 6) is -0.293. The Labute approximate surface area is 106 Å². The van der Waals surface area contributed by atoms with E-state index in [2.05, 4.69) is 15.8 Å². The Bertz CT molecular complexity index is 430. The Morgan fingerprint density at radius 3 is 2.59 bits per heavy atom. The Morgan fingerprint density at radius 1 is 1.35 bits per heavy atom.